The molecule has 1 saturated carbocycles. The number of carbonyl (C=O) groups is 1. The Morgan fingerprint density at radius 2 is 1.89 bits per heavy atom. The van der Waals surface area contributed by atoms with E-state index in [0.29, 0.717) is 0 Å². The molecule has 1 atom stereocenters. The van der Waals surface area contributed by atoms with Crippen LogP contribution in [0.25, 0.3) is 0 Å². The minimum atomic E-state index is -0.433. The highest BCUT2D eigenvalue weighted by Crippen LogP contribution is 2.64. The van der Waals surface area contributed by atoms with Crippen LogP contribution in [0.3, 0.4) is 0 Å². The van der Waals surface area contributed by atoms with Gasteiger partial charge < -0.3 is 4.74 Å². The monoisotopic (exact) mass is 264 g/mol. The Bertz CT molecular complexity index is 450. The molecule has 98 valence electrons. The summed E-state index contributed by atoms with van der Waals surface area (Å²) >= 11 is 1.81. The average molecular weight is 264 g/mol. The number of rotatable bonds is 4. The van der Waals surface area contributed by atoms with E-state index in [0.717, 1.165) is 17.7 Å². The van der Waals surface area contributed by atoms with Crippen molar-refractivity contribution in [3.05, 3.63) is 29.8 Å². The predicted octanol–water partition coefficient (Wildman–Crippen LogP) is 3.64. The van der Waals surface area contributed by atoms with E-state index in [1.54, 1.807) is 0 Å². The average Bonchev–Trinajstić information content (AvgIpc) is 2.94. The lowest BCUT2D eigenvalue weighted by Crippen LogP contribution is -2.27. The molecule has 2 nitrogen and oxygen atoms in total. The molecule has 1 aromatic rings. The molecular weight excluding hydrogens is 244 g/mol. The van der Waals surface area contributed by atoms with Gasteiger partial charge in [-0.2, -0.15) is 0 Å². The predicted molar refractivity (Wildman–Crippen MR) is 74.9 cm³/mol. The van der Waals surface area contributed by atoms with Crippen LogP contribution < -0.4 is 0 Å². The zero-order valence-corrected chi connectivity index (χ0v) is 12.3. The van der Waals surface area contributed by atoms with Crippen LogP contribution in [0.5, 0.6) is 0 Å². The Kier molecular flexibility index (Phi) is 3.45. The Labute approximate surface area is 113 Å². The highest BCUT2D eigenvalue weighted by atomic mass is 32.2. The van der Waals surface area contributed by atoms with Crippen molar-refractivity contribution < 1.29 is 9.53 Å². The number of methoxy groups -OCH3 is 1. The molecule has 0 spiro atoms. The lowest BCUT2D eigenvalue weighted by molar-refractivity contribution is -0.144. The first-order valence-electron chi connectivity index (χ1n) is 6.29. The standard InChI is InChI=1S/C15H20O2S/c1-5-18-12-8-6-11(7-9-12)15(13(16)17-4)10-14(15,2)3/h6-9H,5,10H2,1-4H3. The minimum absolute atomic E-state index is 0.000487. The number of hydrogen-bond acceptors (Lipinski definition) is 3. The molecule has 1 aliphatic rings. The molecular formula is C15H20O2S. The van der Waals surface area contributed by atoms with E-state index >= 15 is 0 Å². The maximum absolute atomic E-state index is 12.1. The van der Waals surface area contributed by atoms with Gasteiger partial charge in [-0.25, -0.2) is 0 Å². The summed E-state index contributed by atoms with van der Waals surface area (Å²) in [4.78, 5) is 13.3. The molecule has 0 aliphatic heterocycles. The van der Waals surface area contributed by atoms with Crippen molar-refractivity contribution in [2.75, 3.05) is 12.9 Å². The normalized spacial score (nSPS) is 24.7. The summed E-state index contributed by atoms with van der Waals surface area (Å²) in [5.74, 6) is 0.955. The molecule has 1 aliphatic carbocycles. The largest absolute Gasteiger partial charge is 0.468 e. The van der Waals surface area contributed by atoms with Gasteiger partial charge in [-0.15, -0.1) is 11.8 Å². The number of thioether (sulfide) groups is 1. The third-order valence-electron chi connectivity index (χ3n) is 3.93. The summed E-state index contributed by atoms with van der Waals surface area (Å²) < 4.78 is 5.00. The molecule has 0 amide bonds. The molecule has 0 saturated heterocycles. The van der Waals surface area contributed by atoms with Crippen LogP contribution in [0.15, 0.2) is 29.2 Å². The van der Waals surface area contributed by atoms with E-state index in [2.05, 4.69) is 45.0 Å². The van der Waals surface area contributed by atoms with Gasteiger partial charge in [-0.3, -0.25) is 4.79 Å². The summed E-state index contributed by atoms with van der Waals surface area (Å²) in [5.41, 5.74) is 0.649. The Morgan fingerprint density at radius 1 is 1.33 bits per heavy atom. The van der Waals surface area contributed by atoms with Crippen LogP contribution in [0, 0.1) is 5.41 Å². The number of benzene rings is 1. The summed E-state index contributed by atoms with van der Waals surface area (Å²) in [6, 6.07) is 8.35. The zero-order valence-electron chi connectivity index (χ0n) is 11.4. The van der Waals surface area contributed by atoms with Gasteiger partial charge >= 0.3 is 5.97 Å². The summed E-state index contributed by atoms with van der Waals surface area (Å²) in [6.45, 7) is 6.38. The molecule has 0 heterocycles. The van der Waals surface area contributed by atoms with E-state index < -0.39 is 5.41 Å². The fourth-order valence-corrected chi connectivity index (χ4v) is 3.42. The van der Waals surface area contributed by atoms with Crippen molar-refractivity contribution >= 4 is 17.7 Å². The molecule has 18 heavy (non-hydrogen) atoms. The van der Waals surface area contributed by atoms with E-state index in [1.807, 2.05) is 11.8 Å². The van der Waals surface area contributed by atoms with Gasteiger partial charge in [0.2, 0.25) is 0 Å². The Balaban J connectivity index is 2.32. The Morgan fingerprint density at radius 3 is 2.28 bits per heavy atom. The second kappa shape index (κ2) is 4.61. The van der Waals surface area contributed by atoms with Crippen molar-refractivity contribution in [2.24, 2.45) is 5.41 Å². The van der Waals surface area contributed by atoms with Crippen molar-refractivity contribution in [1.82, 2.24) is 0 Å². The highest BCUT2D eigenvalue weighted by Gasteiger charge is 2.68. The fraction of sp³-hybridized carbons (Fsp3) is 0.533. The van der Waals surface area contributed by atoms with Crippen LogP contribution in [-0.2, 0) is 14.9 Å². The minimum Gasteiger partial charge on any atom is -0.468 e. The maximum Gasteiger partial charge on any atom is 0.316 e. The lowest BCUT2D eigenvalue weighted by atomic mass is 9.88. The van der Waals surface area contributed by atoms with Crippen molar-refractivity contribution in [3.8, 4) is 0 Å². The van der Waals surface area contributed by atoms with Crippen molar-refractivity contribution in [2.45, 2.75) is 37.5 Å². The third kappa shape index (κ3) is 1.95. The summed E-state index contributed by atoms with van der Waals surface area (Å²) in [7, 11) is 1.47. The molecule has 1 aromatic carbocycles. The first-order valence-corrected chi connectivity index (χ1v) is 7.28. The molecule has 0 aromatic heterocycles. The molecule has 2 rings (SSSR count). The maximum atomic E-state index is 12.1. The number of ether oxygens (including phenoxy) is 1. The molecule has 1 fully saturated rings. The fourth-order valence-electron chi connectivity index (χ4n) is 2.75. The quantitative estimate of drug-likeness (QED) is 0.613. The van der Waals surface area contributed by atoms with Gasteiger partial charge in [0.05, 0.1) is 12.5 Å². The van der Waals surface area contributed by atoms with Gasteiger partial charge in [-0.05, 0) is 35.3 Å². The van der Waals surface area contributed by atoms with Gasteiger partial charge in [0.15, 0.2) is 0 Å². The highest BCUT2D eigenvalue weighted by molar-refractivity contribution is 7.99. The van der Waals surface area contributed by atoms with Crippen LogP contribution >= 0.6 is 11.8 Å². The first kappa shape index (κ1) is 13.5. The molecule has 3 heteroatoms. The molecule has 0 radical (unpaired) electrons. The second-order valence-corrected chi connectivity index (χ2v) is 6.75. The third-order valence-corrected chi connectivity index (χ3v) is 4.82. The van der Waals surface area contributed by atoms with Crippen LogP contribution in [0.2, 0.25) is 0 Å². The molecule has 0 bridgehead atoms. The first-order chi connectivity index (χ1) is 8.48. The lowest BCUT2D eigenvalue weighted by Gasteiger charge is -2.18. The van der Waals surface area contributed by atoms with E-state index in [4.69, 9.17) is 4.74 Å². The van der Waals surface area contributed by atoms with E-state index in [1.165, 1.54) is 12.0 Å². The van der Waals surface area contributed by atoms with Crippen LogP contribution in [0.1, 0.15) is 32.8 Å². The Hall–Kier alpha value is -0.960. The zero-order chi connectivity index (χ0) is 13.4. The van der Waals surface area contributed by atoms with Gasteiger partial charge in [0.25, 0.3) is 0 Å². The smallest absolute Gasteiger partial charge is 0.316 e. The SMILES string of the molecule is CCSc1ccc(C2(C(=O)OC)CC2(C)C)cc1. The topological polar surface area (TPSA) is 26.3 Å². The number of esters is 1. The second-order valence-electron chi connectivity index (χ2n) is 5.41. The van der Waals surface area contributed by atoms with Crippen molar-refractivity contribution in [3.63, 3.8) is 0 Å². The van der Waals surface area contributed by atoms with E-state index in [-0.39, 0.29) is 11.4 Å². The number of carbonyl (C=O) groups excluding carboxylic acids is 1. The van der Waals surface area contributed by atoms with Gasteiger partial charge in [-0.1, -0.05) is 32.9 Å². The van der Waals surface area contributed by atoms with Gasteiger partial charge in [0.1, 0.15) is 0 Å². The van der Waals surface area contributed by atoms with E-state index in [9.17, 15) is 4.79 Å². The summed E-state index contributed by atoms with van der Waals surface area (Å²) in [5, 5.41) is 0. The molecule has 1 unspecified atom stereocenters. The molecule has 0 N–H and O–H groups in total. The van der Waals surface area contributed by atoms with Crippen LogP contribution in [0.4, 0.5) is 0 Å². The van der Waals surface area contributed by atoms with Crippen LogP contribution in [-0.4, -0.2) is 18.8 Å². The van der Waals surface area contributed by atoms with Gasteiger partial charge in [0, 0.05) is 4.90 Å². The van der Waals surface area contributed by atoms with Crippen molar-refractivity contribution in [1.29, 1.82) is 0 Å². The summed E-state index contributed by atoms with van der Waals surface area (Å²) in [6.07, 6.45) is 0.868. The number of hydrogen-bond donors (Lipinski definition) is 0.